The topological polar surface area (TPSA) is 25.8 Å². The van der Waals surface area contributed by atoms with Crippen molar-refractivity contribution >= 4 is 43.1 Å². The normalized spacial score (nSPS) is 25.3. The van der Waals surface area contributed by atoms with Crippen LogP contribution in [0.1, 0.15) is 49.5 Å². The summed E-state index contributed by atoms with van der Waals surface area (Å²) in [5.74, 6) is 0.483. The molecule has 0 unspecified atom stereocenters. The van der Waals surface area contributed by atoms with Crippen LogP contribution in [0.25, 0.3) is 20.4 Å². The fourth-order valence-electron chi connectivity index (χ4n) is 4.46. The van der Waals surface area contributed by atoms with Gasteiger partial charge >= 0.3 is 0 Å². The molecule has 0 bridgehead atoms. The first kappa shape index (κ1) is 16.4. The van der Waals surface area contributed by atoms with Crippen molar-refractivity contribution in [3.63, 3.8) is 0 Å². The molecule has 4 heteroatoms. The molecule has 2 nitrogen and oxygen atoms in total. The molecule has 26 heavy (non-hydrogen) atoms. The molecule has 2 aromatic carbocycles. The first-order valence-electron chi connectivity index (χ1n) is 9.20. The van der Waals surface area contributed by atoms with E-state index in [9.17, 15) is 0 Å². The average molecular weight is 379 g/mol. The van der Waals surface area contributed by atoms with Crippen molar-refractivity contribution in [2.75, 3.05) is 0 Å². The number of benzene rings is 2. The zero-order valence-electron chi connectivity index (χ0n) is 15.3. The van der Waals surface area contributed by atoms with Gasteiger partial charge in [0.15, 0.2) is 0 Å². The van der Waals surface area contributed by atoms with Crippen LogP contribution in [-0.4, -0.2) is 9.97 Å². The Labute approximate surface area is 161 Å². The second kappa shape index (κ2) is 5.61. The first-order valence-corrected chi connectivity index (χ1v) is 10.8. The highest BCUT2D eigenvalue weighted by molar-refractivity contribution is 7.19. The third-order valence-corrected chi connectivity index (χ3v) is 9.05. The van der Waals surface area contributed by atoms with Crippen LogP contribution in [0.3, 0.4) is 0 Å². The molecule has 2 atom stereocenters. The maximum Gasteiger partial charge on any atom is 0.100 e. The maximum atomic E-state index is 5.03. The Morgan fingerprint density at radius 2 is 1.46 bits per heavy atom. The predicted octanol–water partition coefficient (Wildman–Crippen LogP) is 6.77. The summed E-state index contributed by atoms with van der Waals surface area (Å²) in [6.45, 7) is 7.25. The van der Waals surface area contributed by atoms with Crippen molar-refractivity contribution in [3.05, 3.63) is 58.5 Å². The lowest BCUT2D eigenvalue weighted by atomic mass is 9.66. The fraction of sp³-hybridized carbons (Fsp3) is 0.364. The molecule has 5 rings (SSSR count). The summed E-state index contributed by atoms with van der Waals surface area (Å²) in [4.78, 5) is 10.0. The molecule has 0 N–H and O–H groups in total. The lowest BCUT2D eigenvalue weighted by Crippen LogP contribution is -2.37. The van der Waals surface area contributed by atoms with Gasteiger partial charge in [0, 0.05) is 11.3 Å². The standard InChI is InChI=1S/C22H22N2S2/c1-21(2)14(19-23-15-8-4-6-10-17(15)25-19)12-13-22(21,3)20-24-16-9-5-7-11-18(16)26-20/h4-11,14H,12-13H2,1-3H3/t14-,22+/m1/s1. The van der Waals surface area contributed by atoms with Crippen LogP contribution in [0.15, 0.2) is 48.5 Å². The summed E-state index contributed by atoms with van der Waals surface area (Å²) in [7, 11) is 0. The predicted molar refractivity (Wildman–Crippen MR) is 112 cm³/mol. The molecule has 0 spiro atoms. The first-order chi connectivity index (χ1) is 12.5. The Hall–Kier alpha value is -1.78. The van der Waals surface area contributed by atoms with Gasteiger partial charge in [0.05, 0.1) is 25.4 Å². The third kappa shape index (κ3) is 2.21. The number of rotatable bonds is 2. The summed E-state index contributed by atoms with van der Waals surface area (Å²) in [5.41, 5.74) is 2.47. The Morgan fingerprint density at radius 3 is 2.12 bits per heavy atom. The molecule has 1 aliphatic rings. The monoisotopic (exact) mass is 378 g/mol. The van der Waals surface area contributed by atoms with Gasteiger partial charge in [-0.25, -0.2) is 9.97 Å². The van der Waals surface area contributed by atoms with E-state index in [1.54, 1.807) is 0 Å². The molecule has 1 aliphatic carbocycles. The van der Waals surface area contributed by atoms with Crippen LogP contribution in [0.2, 0.25) is 0 Å². The van der Waals surface area contributed by atoms with Crippen LogP contribution in [0, 0.1) is 5.41 Å². The Balaban J connectivity index is 1.59. The average Bonchev–Trinajstić information content (AvgIpc) is 3.30. The Bertz CT molecular complexity index is 1040. The van der Waals surface area contributed by atoms with E-state index < -0.39 is 0 Å². The largest absolute Gasteiger partial charge is 0.241 e. The second-order valence-electron chi connectivity index (χ2n) is 8.15. The van der Waals surface area contributed by atoms with E-state index >= 15 is 0 Å². The molecule has 132 valence electrons. The summed E-state index contributed by atoms with van der Waals surface area (Å²) in [6.07, 6.45) is 2.35. The van der Waals surface area contributed by atoms with E-state index in [1.165, 1.54) is 32.3 Å². The van der Waals surface area contributed by atoms with Gasteiger partial charge in [-0.2, -0.15) is 0 Å². The van der Waals surface area contributed by atoms with Crippen LogP contribution in [-0.2, 0) is 5.41 Å². The SMILES string of the molecule is CC1(C)[C@@H](c2nc3ccccc3s2)CC[C@@]1(C)c1nc2ccccc2s1. The van der Waals surface area contributed by atoms with Crippen LogP contribution < -0.4 is 0 Å². The minimum absolute atomic E-state index is 0.0825. The molecule has 2 aromatic heterocycles. The number of aromatic nitrogens is 2. The Kier molecular flexibility index (Phi) is 3.54. The molecule has 2 heterocycles. The van der Waals surface area contributed by atoms with Gasteiger partial charge in [0.25, 0.3) is 0 Å². The lowest BCUT2D eigenvalue weighted by molar-refractivity contribution is 0.200. The van der Waals surface area contributed by atoms with Crippen molar-refractivity contribution in [1.82, 2.24) is 9.97 Å². The summed E-state index contributed by atoms with van der Waals surface area (Å²) >= 11 is 3.74. The number of para-hydroxylation sites is 2. The quantitative estimate of drug-likeness (QED) is 0.385. The minimum atomic E-state index is 0.0825. The van der Waals surface area contributed by atoms with Crippen molar-refractivity contribution in [3.8, 4) is 0 Å². The van der Waals surface area contributed by atoms with E-state index in [0.29, 0.717) is 5.92 Å². The van der Waals surface area contributed by atoms with E-state index in [1.807, 2.05) is 22.7 Å². The number of fused-ring (bicyclic) bond motifs is 2. The zero-order valence-corrected chi connectivity index (χ0v) is 17.0. The molecular formula is C22H22N2S2. The van der Waals surface area contributed by atoms with Gasteiger partial charge < -0.3 is 0 Å². The van der Waals surface area contributed by atoms with Gasteiger partial charge in [0.1, 0.15) is 5.01 Å². The molecule has 0 aliphatic heterocycles. The number of hydrogen-bond donors (Lipinski definition) is 0. The number of nitrogens with zero attached hydrogens (tertiary/aromatic N) is 2. The molecule has 0 amide bonds. The molecule has 1 saturated carbocycles. The van der Waals surface area contributed by atoms with Gasteiger partial charge in [-0.1, -0.05) is 45.0 Å². The third-order valence-electron chi connectivity index (χ3n) is 6.60. The maximum absolute atomic E-state index is 5.03. The summed E-state index contributed by atoms with van der Waals surface area (Å²) in [6, 6.07) is 17.0. The zero-order chi connectivity index (χ0) is 17.9. The Morgan fingerprint density at radius 1 is 0.846 bits per heavy atom. The van der Waals surface area contributed by atoms with Crippen molar-refractivity contribution in [2.24, 2.45) is 5.41 Å². The lowest BCUT2D eigenvalue weighted by Gasteiger charge is -2.39. The highest BCUT2D eigenvalue weighted by atomic mass is 32.1. The number of hydrogen-bond acceptors (Lipinski definition) is 4. The highest BCUT2D eigenvalue weighted by Gasteiger charge is 2.55. The minimum Gasteiger partial charge on any atom is -0.241 e. The van der Waals surface area contributed by atoms with E-state index in [-0.39, 0.29) is 10.8 Å². The molecule has 1 fully saturated rings. The number of thiazole rings is 2. The molecular weight excluding hydrogens is 356 g/mol. The molecule has 4 aromatic rings. The second-order valence-corrected chi connectivity index (χ2v) is 10.2. The van der Waals surface area contributed by atoms with Gasteiger partial charge in [-0.15, -0.1) is 22.7 Å². The van der Waals surface area contributed by atoms with Crippen molar-refractivity contribution < 1.29 is 0 Å². The van der Waals surface area contributed by atoms with Crippen LogP contribution in [0.5, 0.6) is 0 Å². The summed E-state index contributed by atoms with van der Waals surface area (Å²) < 4.78 is 2.59. The summed E-state index contributed by atoms with van der Waals surface area (Å²) in [5, 5.41) is 2.58. The fourth-order valence-corrected chi connectivity index (χ4v) is 7.06. The van der Waals surface area contributed by atoms with E-state index in [4.69, 9.17) is 9.97 Å². The van der Waals surface area contributed by atoms with E-state index in [0.717, 1.165) is 11.0 Å². The van der Waals surface area contributed by atoms with E-state index in [2.05, 4.69) is 69.3 Å². The van der Waals surface area contributed by atoms with Crippen molar-refractivity contribution in [2.45, 2.75) is 44.9 Å². The highest BCUT2D eigenvalue weighted by Crippen LogP contribution is 2.62. The van der Waals surface area contributed by atoms with Gasteiger partial charge in [-0.05, 0) is 42.5 Å². The van der Waals surface area contributed by atoms with Gasteiger partial charge in [-0.3, -0.25) is 0 Å². The molecule has 0 saturated heterocycles. The van der Waals surface area contributed by atoms with Crippen LogP contribution in [0.4, 0.5) is 0 Å². The van der Waals surface area contributed by atoms with Crippen LogP contribution >= 0.6 is 22.7 Å². The smallest absolute Gasteiger partial charge is 0.100 e. The van der Waals surface area contributed by atoms with Gasteiger partial charge in [0.2, 0.25) is 0 Å². The van der Waals surface area contributed by atoms with Crippen molar-refractivity contribution in [1.29, 1.82) is 0 Å². The molecule has 0 radical (unpaired) electrons.